The molecule has 0 N–H and O–H groups in total. The van der Waals surface area contributed by atoms with E-state index in [2.05, 4.69) is 11.7 Å². The van der Waals surface area contributed by atoms with Crippen LogP contribution >= 0.6 is 0 Å². The van der Waals surface area contributed by atoms with Gasteiger partial charge in [-0.1, -0.05) is 87.6 Å². The molecule has 0 unspecified atom stereocenters. The SMILES string of the molecule is CCCCCCCCOc1ccc(-c2ccc(OC(F)(F)F)cc2)cc1N(CCCCc1ccccc1)C(=O)C(=O)OC. The number of ether oxygens (including phenoxy) is 3. The third-order valence-electron chi connectivity index (χ3n) is 6.97. The molecule has 0 aromatic heterocycles. The van der Waals surface area contributed by atoms with Crippen LogP contribution in [-0.4, -0.2) is 38.5 Å². The third kappa shape index (κ3) is 11.3. The Labute approximate surface area is 251 Å². The molecule has 0 aliphatic carbocycles. The minimum atomic E-state index is -4.79. The van der Waals surface area contributed by atoms with Crippen molar-refractivity contribution in [2.75, 3.05) is 25.2 Å². The molecule has 0 aliphatic rings. The van der Waals surface area contributed by atoms with Crippen molar-refractivity contribution in [2.24, 2.45) is 0 Å². The van der Waals surface area contributed by atoms with Crippen LogP contribution in [0.3, 0.4) is 0 Å². The number of hydrogen-bond donors (Lipinski definition) is 0. The molecule has 0 atom stereocenters. The number of carbonyl (C=O) groups is 2. The highest BCUT2D eigenvalue weighted by atomic mass is 19.4. The van der Waals surface area contributed by atoms with Crippen molar-refractivity contribution < 1.29 is 37.0 Å². The average Bonchev–Trinajstić information content (AvgIpc) is 3.00. The summed E-state index contributed by atoms with van der Waals surface area (Å²) in [5, 5.41) is 0. The number of aryl methyl sites for hydroxylation is 1. The van der Waals surface area contributed by atoms with Gasteiger partial charge in [-0.15, -0.1) is 13.2 Å². The monoisotopic (exact) mass is 599 g/mol. The van der Waals surface area contributed by atoms with E-state index in [-0.39, 0.29) is 12.3 Å². The van der Waals surface area contributed by atoms with Crippen LogP contribution in [0.15, 0.2) is 72.8 Å². The molecule has 0 fully saturated rings. The summed E-state index contributed by atoms with van der Waals surface area (Å²) < 4.78 is 52.8. The van der Waals surface area contributed by atoms with Gasteiger partial charge in [0.2, 0.25) is 0 Å². The molecule has 0 bridgehead atoms. The van der Waals surface area contributed by atoms with Gasteiger partial charge in [0.05, 0.1) is 19.4 Å². The van der Waals surface area contributed by atoms with Crippen LogP contribution in [0, 0.1) is 0 Å². The normalized spacial score (nSPS) is 11.2. The van der Waals surface area contributed by atoms with Gasteiger partial charge in [-0.25, -0.2) is 4.79 Å². The minimum absolute atomic E-state index is 0.246. The molecule has 43 heavy (non-hydrogen) atoms. The van der Waals surface area contributed by atoms with Crippen molar-refractivity contribution in [3.8, 4) is 22.6 Å². The van der Waals surface area contributed by atoms with Gasteiger partial charge < -0.3 is 14.2 Å². The summed E-state index contributed by atoms with van der Waals surface area (Å²) in [4.78, 5) is 27.1. The van der Waals surface area contributed by atoms with E-state index in [1.54, 1.807) is 18.2 Å². The van der Waals surface area contributed by atoms with E-state index in [0.717, 1.165) is 39.2 Å². The van der Waals surface area contributed by atoms with Crippen LogP contribution in [0.25, 0.3) is 11.1 Å². The number of hydrogen-bond acceptors (Lipinski definition) is 5. The van der Waals surface area contributed by atoms with Crippen LogP contribution in [0.4, 0.5) is 18.9 Å². The molecule has 0 spiro atoms. The van der Waals surface area contributed by atoms with E-state index < -0.39 is 18.2 Å². The predicted molar refractivity (Wildman–Crippen MR) is 161 cm³/mol. The van der Waals surface area contributed by atoms with Crippen molar-refractivity contribution in [3.05, 3.63) is 78.4 Å². The van der Waals surface area contributed by atoms with Crippen LogP contribution in [0.5, 0.6) is 11.5 Å². The second kappa shape index (κ2) is 17.2. The Hall–Kier alpha value is -4.01. The van der Waals surface area contributed by atoms with Crippen LogP contribution < -0.4 is 14.4 Å². The lowest BCUT2D eigenvalue weighted by Crippen LogP contribution is -2.38. The molecule has 0 heterocycles. The van der Waals surface area contributed by atoms with E-state index in [1.807, 2.05) is 30.3 Å². The van der Waals surface area contributed by atoms with Crippen molar-refractivity contribution in [2.45, 2.75) is 71.1 Å². The molecule has 1 amide bonds. The Morgan fingerprint density at radius 1 is 0.791 bits per heavy atom. The van der Waals surface area contributed by atoms with Gasteiger partial charge in [0.25, 0.3) is 0 Å². The maximum atomic E-state index is 13.3. The Bertz CT molecular complexity index is 1280. The standard InChI is InChI=1S/C34H40F3NO5/c1-3-4-5-6-7-13-24-42-31-22-19-28(27-17-20-29(21-18-27)43-34(35,36)37)25-30(31)38(32(39)33(40)41-2)23-12-11-16-26-14-9-8-10-15-26/h8-10,14-15,17-22,25H,3-7,11-13,16,23-24H2,1-2H3. The fourth-order valence-electron chi connectivity index (χ4n) is 4.72. The molecule has 3 aromatic rings. The van der Waals surface area contributed by atoms with Gasteiger partial charge in [0, 0.05) is 6.54 Å². The summed E-state index contributed by atoms with van der Waals surface area (Å²) in [6.07, 6.45) is 3.93. The molecular weight excluding hydrogens is 559 g/mol. The van der Waals surface area contributed by atoms with Gasteiger partial charge in [0.15, 0.2) is 0 Å². The second-order valence-electron chi connectivity index (χ2n) is 10.3. The zero-order chi connectivity index (χ0) is 31.1. The molecule has 0 saturated heterocycles. The smallest absolute Gasteiger partial charge is 0.491 e. The Balaban J connectivity index is 1.86. The number of halogens is 3. The van der Waals surface area contributed by atoms with Crippen LogP contribution in [-0.2, 0) is 20.7 Å². The number of unbranched alkanes of at least 4 members (excludes halogenated alkanes) is 6. The molecule has 3 rings (SSSR count). The molecule has 0 saturated carbocycles. The molecule has 0 aliphatic heterocycles. The van der Waals surface area contributed by atoms with Crippen LogP contribution in [0.1, 0.15) is 63.9 Å². The van der Waals surface area contributed by atoms with Crippen molar-refractivity contribution in [1.82, 2.24) is 0 Å². The average molecular weight is 600 g/mol. The number of alkyl halides is 3. The fourth-order valence-corrected chi connectivity index (χ4v) is 4.72. The lowest BCUT2D eigenvalue weighted by Gasteiger charge is -2.25. The van der Waals surface area contributed by atoms with E-state index in [4.69, 9.17) is 9.47 Å². The fraction of sp³-hybridized carbons (Fsp3) is 0.412. The van der Waals surface area contributed by atoms with Gasteiger partial charge in [-0.3, -0.25) is 9.69 Å². The number of carbonyl (C=O) groups excluding carboxylic acids is 2. The number of anilines is 1. The quantitative estimate of drug-likeness (QED) is 0.0938. The molecule has 9 heteroatoms. The van der Waals surface area contributed by atoms with E-state index in [1.165, 1.54) is 54.0 Å². The Kier molecular flexibility index (Phi) is 13.4. The first kappa shape index (κ1) is 33.5. The first-order valence-corrected chi connectivity index (χ1v) is 14.8. The zero-order valence-electron chi connectivity index (χ0n) is 24.8. The predicted octanol–water partition coefficient (Wildman–Crippen LogP) is 8.52. The van der Waals surface area contributed by atoms with Crippen molar-refractivity contribution in [1.29, 1.82) is 0 Å². The number of amides is 1. The third-order valence-corrected chi connectivity index (χ3v) is 6.97. The number of methoxy groups -OCH3 is 1. The number of esters is 1. The van der Waals surface area contributed by atoms with Gasteiger partial charge >= 0.3 is 18.2 Å². The lowest BCUT2D eigenvalue weighted by atomic mass is 10.0. The first-order valence-electron chi connectivity index (χ1n) is 14.8. The summed E-state index contributed by atoms with van der Waals surface area (Å²) in [5.41, 5.74) is 2.81. The summed E-state index contributed by atoms with van der Waals surface area (Å²) in [7, 11) is 1.16. The van der Waals surface area contributed by atoms with Crippen molar-refractivity contribution >= 4 is 17.6 Å². The highest BCUT2D eigenvalue weighted by Crippen LogP contribution is 2.35. The molecular formula is C34H40F3NO5. The lowest BCUT2D eigenvalue weighted by molar-refractivity contribution is -0.274. The number of rotatable bonds is 16. The van der Waals surface area contributed by atoms with Gasteiger partial charge in [-0.05, 0) is 66.6 Å². The van der Waals surface area contributed by atoms with Crippen LogP contribution in [0.2, 0.25) is 0 Å². The number of benzene rings is 3. The Morgan fingerprint density at radius 2 is 1.47 bits per heavy atom. The number of nitrogens with zero attached hydrogens (tertiary/aromatic N) is 1. The van der Waals surface area contributed by atoms with Gasteiger partial charge in [-0.2, -0.15) is 0 Å². The van der Waals surface area contributed by atoms with E-state index >= 15 is 0 Å². The zero-order valence-corrected chi connectivity index (χ0v) is 24.8. The molecule has 6 nitrogen and oxygen atoms in total. The van der Waals surface area contributed by atoms with E-state index in [0.29, 0.717) is 35.6 Å². The summed E-state index contributed by atoms with van der Waals surface area (Å²) in [6.45, 7) is 2.86. The van der Waals surface area contributed by atoms with E-state index in [9.17, 15) is 22.8 Å². The summed E-state index contributed by atoms with van der Waals surface area (Å²) in [6, 6.07) is 20.7. The molecule has 232 valence electrons. The largest absolute Gasteiger partial charge is 0.573 e. The maximum Gasteiger partial charge on any atom is 0.573 e. The molecule has 3 aromatic carbocycles. The topological polar surface area (TPSA) is 65.1 Å². The summed E-state index contributed by atoms with van der Waals surface area (Å²) >= 11 is 0. The van der Waals surface area contributed by atoms with Crippen molar-refractivity contribution in [3.63, 3.8) is 0 Å². The molecule has 0 radical (unpaired) electrons. The second-order valence-corrected chi connectivity index (χ2v) is 10.3. The minimum Gasteiger partial charge on any atom is -0.491 e. The first-order chi connectivity index (χ1) is 20.7. The highest BCUT2D eigenvalue weighted by molar-refractivity contribution is 6.38. The highest BCUT2D eigenvalue weighted by Gasteiger charge is 2.31. The Morgan fingerprint density at radius 3 is 2.14 bits per heavy atom. The van der Waals surface area contributed by atoms with Gasteiger partial charge in [0.1, 0.15) is 11.5 Å². The maximum absolute atomic E-state index is 13.3. The summed E-state index contributed by atoms with van der Waals surface area (Å²) in [5.74, 6) is -1.72.